The zero-order valence-electron chi connectivity index (χ0n) is 12.1. The predicted molar refractivity (Wildman–Crippen MR) is 75.4 cm³/mol. The number of hydrogen-bond donors (Lipinski definition) is 0. The zero-order chi connectivity index (χ0) is 16.2. The maximum absolute atomic E-state index is 12.5. The van der Waals surface area contributed by atoms with E-state index in [2.05, 4.69) is 9.17 Å². The molecule has 22 heavy (non-hydrogen) atoms. The second-order valence-corrected chi connectivity index (χ2v) is 6.05. The average Bonchev–Trinajstić information content (AvgIpc) is 2.46. The lowest BCUT2D eigenvalue weighted by atomic mass is 9.98. The summed E-state index contributed by atoms with van der Waals surface area (Å²) < 4.78 is 42.7. The highest BCUT2D eigenvalue weighted by Crippen LogP contribution is 2.20. The Labute approximate surface area is 128 Å². The van der Waals surface area contributed by atoms with Gasteiger partial charge in [-0.1, -0.05) is 3.89 Å². The molecular weight excluding hydrogens is 315 g/mol. The Kier molecular flexibility index (Phi) is 5.30. The largest absolute Gasteiger partial charge is 0.488 e. The summed E-state index contributed by atoms with van der Waals surface area (Å²) in [4.78, 5) is 17.8. The van der Waals surface area contributed by atoms with Crippen LogP contribution < -0.4 is 4.18 Å². The van der Waals surface area contributed by atoms with E-state index in [1.54, 1.807) is 12.0 Å². The number of nitrogens with zero attached hydrogens (tertiary/aromatic N) is 2. The molecule has 0 aliphatic carbocycles. The maximum Gasteiger partial charge on any atom is 0.488 e. The van der Waals surface area contributed by atoms with Crippen molar-refractivity contribution in [2.75, 3.05) is 26.8 Å². The molecule has 0 N–H and O–H groups in total. The number of likely N-dealkylation sites (tertiary alicyclic amines) is 1. The van der Waals surface area contributed by atoms with E-state index in [1.165, 1.54) is 6.20 Å². The molecule has 9 heteroatoms. The quantitative estimate of drug-likeness (QED) is 0.753. The van der Waals surface area contributed by atoms with Crippen LogP contribution in [0.3, 0.4) is 0 Å². The molecule has 1 fully saturated rings. The van der Waals surface area contributed by atoms with E-state index in [9.17, 15) is 17.1 Å². The van der Waals surface area contributed by atoms with Gasteiger partial charge in [0.1, 0.15) is 0 Å². The van der Waals surface area contributed by atoms with Crippen molar-refractivity contribution >= 4 is 16.4 Å². The van der Waals surface area contributed by atoms with E-state index >= 15 is 0 Å². The second-order valence-electron chi connectivity index (χ2n) is 5.10. The molecule has 1 aliphatic heterocycles. The first-order valence-electron chi connectivity index (χ1n) is 6.76. The molecule has 7 nitrogen and oxygen atoms in total. The van der Waals surface area contributed by atoms with Gasteiger partial charge >= 0.3 is 10.5 Å². The van der Waals surface area contributed by atoms with Crippen LogP contribution in [0.15, 0.2) is 18.5 Å². The third kappa shape index (κ3) is 4.63. The predicted octanol–water partition coefficient (Wildman–Crippen LogP) is 1.17. The fraction of sp³-hybridized carbons (Fsp3) is 0.538. The van der Waals surface area contributed by atoms with Crippen molar-refractivity contribution < 1.29 is 26.0 Å². The first-order chi connectivity index (χ1) is 10.4. The molecule has 0 aromatic carbocycles. The standard InChI is InChI=1S/C13H17FN2O5S/c1-20-9-10-3-2-4-16(8-10)13(17)11-5-12(7-15-6-11)21-22(14,18)19/h5-7,10H,2-4,8-9H2,1H3. The highest BCUT2D eigenvalue weighted by atomic mass is 32.3. The van der Waals surface area contributed by atoms with Gasteiger partial charge in [0.05, 0.1) is 18.4 Å². The van der Waals surface area contributed by atoms with Crippen molar-refractivity contribution in [3.8, 4) is 5.75 Å². The molecule has 1 atom stereocenters. The van der Waals surface area contributed by atoms with Crippen LogP contribution in [0.2, 0.25) is 0 Å². The van der Waals surface area contributed by atoms with E-state index in [0.29, 0.717) is 19.7 Å². The third-order valence-corrected chi connectivity index (χ3v) is 3.76. The average molecular weight is 332 g/mol. The van der Waals surface area contributed by atoms with Crippen molar-refractivity contribution in [3.63, 3.8) is 0 Å². The van der Waals surface area contributed by atoms with Crippen LogP contribution in [-0.4, -0.2) is 51.0 Å². The molecule has 2 heterocycles. The number of ether oxygens (including phenoxy) is 1. The molecule has 0 spiro atoms. The zero-order valence-corrected chi connectivity index (χ0v) is 12.9. The summed E-state index contributed by atoms with van der Waals surface area (Å²) in [5.74, 6) is -0.366. The van der Waals surface area contributed by atoms with Gasteiger partial charge in [-0.15, -0.1) is 0 Å². The highest BCUT2D eigenvalue weighted by molar-refractivity contribution is 7.81. The van der Waals surface area contributed by atoms with Gasteiger partial charge in [-0.25, -0.2) is 0 Å². The minimum Gasteiger partial charge on any atom is -0.384 e. The molecule has 1 aromatic heterocycles. The number of aromatic nitrogens is 1. The van der Waals surface area contributed by atoms with Crippen LogP contribution in [0.25, 0.3) is 0 Å². The van der Waals surface area contributed by atoms with Gasteiger partial charge in [-0.05, 0) is 24.8 Å². The minimum atomic E-state index is -5.14. The molecule has 2 rings (SSSR count). The Hall–Kier alpha value is -1.74. The number of methoxy groups -OCH3 is 1. The first-order valence-corrected chi connectivity index (χ1v) is 8.07. The molecule has 0 saturated carbocycles. The van der Waals surface area contributed by atoms with Gasteiger partial charge in [0.2, 0.25) is 0 Å². The summed E-state index contributed by atoms with van der Waals surface area (Å²) in [6.45, 7) is 1.73. The van der Waals surface area contributed by atoms with E-state index in [0.717, 1.165) is 25.1 Å². The first kappa shape index (κ1) is 16.6. The van der Waals surface area contributed by atoms with E-state index < -0.39 is 10.5 Å². The number of carbonyl (C=O) groups excluding carboxylic acids is 1. The number of pyridine rings is 1. The summed E-state index contributed by atoms with van der Waals surface area (Å²) in [6.07, 6.45) is 4.17. The Morgan fingerprint density at radius 2 is 2.27 bits per heavy atom. The van der Waals surface area contributed by atoms with Crippen molar-refractivity contribution in [2.45, 2.75) is 12.8 Å². The fourth-order valence-corrected chi connectivity index (χ4v) is 2.82. The summed E-state index contributed by atoms with van der Waals surface area (Å²) in [6, 6.07) is 1.16. The highest BCUT2D eigenvalue weighted by Gasteiger charge is 2.25. The third-order valence-electron chi connectivity index (χ3n) is 3.36. The van der Waals surface area contributed by atoms with E-state index in [-0.39, 0.29) is 23.1 Å². The smallest absolute Gasteiger partial charge is 0.384 e. The van der Waals surface area contributed by atoms with Crippen LogP contribution in [0.4, 0.5) is 3.89 Å². The molecular formula is C13H17FN2O5S. The fourth-order valence-electron chi connectivity index (χ4n) is 2.50. The Morgan fingerprint density at radius 1 is 1.50 bits per heavy atom. The van der Waals surface area contributed by atoms with Gasteiger partial charge in [0.25, 0.3) is 5.91 Å². The lowest BCUT2D eigenvalue weighted by Crippen LogP contribution is -2.41. The number of piperidine rings is 1. The van der Waals surface area contributed by atoms with Crippen LogP contribution in [-0.2, 0) is 15.2 Å². The Bertz CT molecular complexity index is 635. The molecule has 1 unspecified atom stereocenters. The van der Waals surface area contributed by atoms with Crippen LogP contribution in [0, 0.1) is 5.92 Å². The summed E-state index contributed by atoms with van der Waals surface area (Å²) in [5, 5.41) is 0. The van der Waals surface area contributed by atoms with Gasteiger partial charge in [0, 0.05) is 26.4 Å². The van der Waals surface area contributed by atoms with Crippen molar-refractivity contribution in [1.82, 2.24) is 9.88 Å². The number of halogens is 1. The normalized spacial score (nSPS) is 19.0. The summed E-state index contributed by atoms with van der Waals surface area (Å²) in [5.41, 5.74) is 0.152. The van der Waals surface area contributed by atoms with Crippen molar-refractivity contribution in [3.05, 3.63) is 24.0 Å². The summed E-state index contributed by atoms with van der Waals surface area (Å²) >= 11 is 0. The molecule has 0 bridgehead atoms. The monoisotopic (exact) mass is 332 g/mol. The van der Waals surface area contributed by atoms with E-state index in [4.69, 9.17) is 4.74 Å². The van der Waals surface area contributed by atoms with E-state index in [1.807, 2.05) is 0 Å². The van der Waals surface area contributed by atoms with Crippen molar-refractivity contribution in [2.24, 2.45) is 5.92 Å². The van der Waals surface area contributed by atoms with Crippen LogP contribution in [0.5, 0.6) is 5.75 Å². The van der Waals surface area contributed by atoms with Crippen molar-refractivity contribution in [1.29, 1.82) is 0 Å². The summed E-state index contributed by atoms with van der Waals surface area (Å²) in [7, 11) is -3.53. The molecule has 0 radical (unpaired) electrons. The number of rotatable bonds is 5. The molecule has 1 aliphatic rings. The Balaban J connectivity index is 2.10. The molecule has 1 amide bonds. The minimum absolute atomic E-state index is 0.152. The molecule has 1 aromatic rings. The van der Waals surface area contributed by atoms with Crippen LogP contribution in [0.1, 0.15) is 23.2 Å². The lowest BCUT2D eigenvalue weighted by molar-refractivity contribution is 0.0570. The topological polar surface area (TPSA) is 85.8 Å². The molecule has 122 valence electrons. The number of hydrogen-bond acceptors (Lipinski definition) is 6. The number of amides is 1. The Morgan fingerprint density at radius 3 is 2.95 bits per heavy atom. The molecule has 1 saturated heterocycles. The lowest BCUT2D eigenvalue weighted by Gasteiger charge is -2.32. The van der Waals surface area contributed by atoms with Gasteiger partial charge in [0.15, 0.2) is 5.75 Å². The van der Waals surface area contributed by atoms with Gasteiger partial charge in [-0.3, -0.25) is 9.78 Å². The van der Waals surface area contributed by atoms with Crippen LogP contribution >= 0.6 is 0 Å². The maximum atomic E-state index is 12.5. The second kappa shape index (κ2) is 7.01. The SMILES string of the molecule is COCC1CCCN(C(=O)c2cncc(OS(=O)(=O)F)c2)C1. The van der Waals surface area contributed by atoms with Gasteiger partial charge in [-0.2, -0.15) is 8.42 Å². The van der Waals surface area contributed by atoms with Gasteiger partial charge < -0.3 is 13.8 Å². The number of carbonyl (C=O) groups is 1.